The van der Waals surface area contributed by atoms with Crippen molar-refractivity contribution in [2.45, 2.75) is 39.2 Å². The Morgan fingerprint density at radius 1 is 1.05 bits per heavy atom. The number of nitrogens with one attached hydrogen (secondary N) is 1. The quantitative estimate of drug-likeness (QED) is 0.209. The maximum absolute atomic E-state index is 13.3. The lowest BCUT2D eigenvalue weighted by Crippen LogP contribution is -2.24. The first kappa shape index (κ1) is 24.7. The summed E-state index contributed by atoms with van der Waals surface area (Å²) < 4.78 is 11.1. The van der Waals surface area contributed by atoms with Crippen molar-refractivity contribution in [3.8, 4) is 11.3 Å². The van der Waals surface area contributed by atoms with Crippen LogP contribution in [0.25, 0.3) is 11.3 Å². The number of hydrogen-bond donors (Lipinski definition) is 1. The Balaban J connectivity index is 1.37. The number of furan rings is 1. The number of thiophene rings is 1. The molecule has 4 aromatic rings. The number of carbonyl (C=O) groups is 2. The van der Waals surface area contributed by atoms with Crippen molar-refractivity contribution in [1.29, 1.82) is 0 Å². The Bertz CT molecular complexity index is 1440. The number of hydrogen-bond acceptors (Lipinski definition) is 6. The fourth-order valence-corrected chi connectivity index (χ4v) is 5.69. The zero-order valence-electron chi connectivity index (χ0n) is 20.7. The number of amides is 1. The third-order valence-corrected chi connectivity index (χ3v) is 7.47. The third-order valence-electron chi connectivity index (χ3n) is 6.27. The van der Waals surface area contributed by atoms with Gasteiger partial charge in [-0.3, -0.25) is 4.79 Å². The third kappa shape index (κ3) is 5.73. The summed E-state index contributed by atoms with van der Waals surface area (Å²) in [4.78, 5) is 31.3. The van der Waals surface area contributed by atoms with E-state index >= 15 is 0 Å². The fourth-order valence-electron chi connectivity index (χ4n) is 4.46. The van der Waals surface area contributed by atoms with Gasteiger partial charge in [0.1, 0.15) is 16.5 Å². The summed E-state index contributed by atoms with van der Waals surface area (Å²) in [6.07, 6.45) is 5.75. The maximum atomic E-state index is 13.3. The summed E-state index contributed by atoms with van der Waals surface area (Å²) in [5.74, 6) is 0.737. The number of fused-ring (bicyclic) bond motifs is 1. The van der Waals surface area contributed by atoms with Gasteiger partial charge in [0.25, 0.3) is 5.91 Å². The van der Waals surface area contributed by atoms with Gasteiger partial charge in [0.2, 0.25) is 0 Å². The van der Waals surface area contributed by atoms with Crippen LogP contribution in [0.4, 0.5) is 5.00 Å². The minimum absolute atomic E-state index is 0.0914. The van der Waals surface area contributed by atoms with Crippen molar-refractivity contribution in [2.75, 3.05) is 6.61 Å². The van der Waals surface area contributed by atoms with E-state index in [2.05, 4.69) is 5.32 Å². The minimum atomic E-state index is -0.363. The van der Waals surface area contributed by atoms with Crippen LogP contribution in [0.5, 0.6) is 0 Å². The number of rotatable bonds is 8. The molecule has 7 heteroatoms. The van der Waals surface area contributed by atoms with Crippen molar-refractivity contribution >= 4 is 34.4 Å². The molecule has 0 fully saturated rings. The molecule has 0 aliphatic heterocycles. The van der Waals surface area contributed by atoms with Crippen molar-refractivity contribution in [2.24, 2.45) is 4.99 Å². The lowest BCUT2D eigenvalue weighted by atomic mass is 9.95. The standard InChI is InChI=1S/C30H28N2O4S/c1-2-35-30(34)22-12-8-11-21(17-22)25-16-15-23(36-25)19-32-29-27(24-13-6-7-14-26(24)37-29)28(33)31-18-20-9-4-3-5-10-20/h3-5,8-12,15-17,19H,2,6-7,13-14,18H2,1H3,(H,31,33)/b32-19-. The highest BCUT2D eigenvalue weighted by atomic mass is 32.1. The summed E-state index contributed by atoms with van der Waals surface area (Å²) in [6, 6.07) is 20.7. The van der Waals surface area contributed by atoms with Crippen LogP contribution < -0.4 is 5.32 Å². The largest absolute Gasteiger partial charge is 0.462 e. The van der Waals surface area contributed by atoms with Gasteiger partial charge in [-0.15, -0.1) is 11.3 Å². The van der Waals surface area contributed by atoms with E-state index in [0.29, 0.717) is 40.8 Å². The Hall–Kier alpha value is -3.97. The minimum Gasteiger partial charge on any atom is -0.462 e. The first-order valence-electron chi connectivity index (χ1n) is 12.5. The molecule has 37 heavy (non-hydrogen) atoms. The Kier molecular flexibility index (Phi) is 7.61. The molecule has 5 rings (SSSR count). The average molecular weight is 513 g/mol. The van der Waals surface area contributed by atoms with Gasteiger partial charge in [-0.25, -0.2) is 9.79 Å². The van der Waals surface area contributed by atoms with E-state index in [1.54, 1.807) is 42.7 Å². The smallest absolute Gasteiger partial charge is 0.338 e. The number of ether oxygens (including phenoxy) is 1. The summed E-state index contributed by atoms with van der Waals surface area (Å²) in [7, 11) is 0. The van der Waals surface area contributed by atoms with Crippen molar-refractivity contribution in [3.63, 3.8) is 0 Å². The van der Waals surface area contributed by atoms with E-state index in [0.717, 1.165) is 42.4 Å². The second-order valence-electron chi connectivity index (χ2n) is 8.82. The van der Waals surface area contributed by atoms with Crippen LogP contribution in [0, 0.1) is 0 Å². The van der Waals surface area contributed by atoms with Gasteiger partial charge in [0.05, 0.1) is 23.9 Å². The van der Waals surface area contributed by atoms with Crippen molar-refractivity contribution < 1.29 is 18.7 Å². The molecular formula is C30H28N2O4S. The van der Waals surface area contributed by atoms with Crippen LogP contribution in [0.3, 0.4) is 0 Å². The molecule has 1 aliphatic rings. The molecule has 2 heterocycles. The van der Waals surface area contributed by atoms with E-state index in [-0.39, 0.29) is 11.9 Å². The van der Waals surface area contributed by atoms with Crippen molar-refractivity contribution in [1.82, 2.24) is 5.32 Å². The van der Waals surface area contributed by atoms with Crippen molar-refractivity contribution in [3.05, 3.63) is 99.6 Å². The lowest BCUT2D eigenvalue weighted by Gasteiger charge is -2.12. The second-order valence-corrected chi connectivity index (χ2v) is 9.90. The molecule has 1 aliphatic carbocycles. The summed E-state index contributed by atoms with van der Waals surface area (Å²) in [5.41, 5.74) is 4.12. The predicted molar refractivity (Wildman–Crippen MR) is 146 cm³/mol. The van der Waals surface area contributed by atoms with Crippen LogP contribution in [0.2, 0.25) is 0 Å². The van der Waals surface area contributed by atoms with Crippen LogP contribution in [0.1, 0.15) is 62.2 Å². The molecule has 2 aromatic heterocycles. The van der Waals surface area contributed by atoms with E-state index in [1.165, 1.54) is 4.88 Å². The molecule has 0 saturated heterocycles. The van der Waals surface area contributed by atoms with Gasteiger partial charge in [0.15, 0.2) is 0 Å². The highest BCUT2D eigenvalue weighted by Gasteiger charge is 2.25. The van der Waals surface area contributed by atoms with Crippen LogP contribution in [0.15, 0.2) is 76.1 Å². The summed E-state index contributed by atoms with van der Waals surface area (Å²) in [6.45, 7) is 2.57. The number of benzene rings is 2. The molecule has 2 aromatic carbocycles. The summed E-state index contributed by atoms with van der Waals surface area (Å²) in [5, 5.41) is 3.78. The Morgan fingerprint density at radius 3 is 2.73 bits per heavy atom. The van der Waals surface area contributed by atoms with Gasteiger partial charge >= 0.3 is 5.97 Å². The zero-order chi connectivity index (χ0) is 25.6. The van der Waals surface area contributed by atoms with E-state index in [1.807, 2.05) is 48.5 Å². The Labute approximate surface area is 220 Å². The molecule has 1 N–H and O–H groups in total. The summed E-state index contributed by atoms with van der Waals surface area (Å²) >= 11 is 1.59. The topological polar surface area (TPSA) is 80.9 Å². The molecule has 0 spiro atoms. The fraction of sp³-hybridized carbons (Fsp3) is 0.233. The van der Waals surface area contributed by atoms with E-state index in [9.17, 15) is 9.59 Å². The Morgan fingerprint density at radius 2 is 1.89 bits per heavy atom. The molecule has 0 bridgehead atoms. The van der Waals surface area contributed by atoms with Gasteiger partial charge in [0, 0.05) is 17.0 Å². The molecule has 0 atom stereocenters. The van der Waals surface area contributed by atoms with Crippen LogP contribution in [-0.4, -0.2) is 24.7 Å². The zero-order valence-corrected chi connectivity index (χ0v) is 21.5. The van der Waals surface area contributed by atoms with Crippen LogP contribution >= 0.6 is 11.3 Å². The molecular weight excluding hydrogens is 484 g/mol. The van der Waals surface area contributed by atoms with Gasteiger partial charge < -0.3 is 14.5 Å². The van der Waals surface area contributed by atoms with Gasteiger partial charge in [-0.05, 0) is 68.0 Å². The molecule has 188 valence electrons. The van der Waals surface area contributed by atoms with Crippen LogP contribution in [-0.2, 0) is 24.1 Å². The molecule has 1 amide bonds. The van der Waals surface area contributed by atoms with E-state index in [4.69, 9.17) is 14.1 Å². The van der Waals surface area contributed by atoms with E-state index < -0.39 is 0 Å². The highest BCUT2D eigenvalue weighted by molar-refractivity contribution is 7.16. The average Bonchev–Trinajstić information content (AvgIpc) is 3.56. The number of aliphatic imine (C=N–C) groups is 1. The SMILES string of the molecule is CCOC(=O)c1cccc(-c2ccc(/C=N\c3sc4c(c3C(=O)NCc3ccccc3)CCCC4)o2)c1. The molecule has 6 nitrogen and oxygen atoms in total. The molecule has 0 saturated carbocycles. The number of aryl methyl sites for hydroxylation is 1. The number of nitrogens with zero attached hydrogens (tertiary/aromatic N) is 1. The first-order valence-corrected chi connectivity index (χ1v) is 13.3. The maximum Gasteiger partial charge on any atom is 0.338 e. The first-order chi connectivity index (χ1) is 18.1. The normalized spacial score (nSPS) is 12.9. The highest BCUT2D eigenvalue weighted by Crippen LogP contribution is 2.40. The van der Waals surface area contributed by atoms with Gasteiger partial charge in [-0.1, -0.05) is 42.5 Å². The molecule has 0 radical (unpaired) electrons. The lowest BCUT2D eigenvalue weighted by molar-refractivity contribution is 0.0526. The number of carbonyl (C=O) groups excluding carboxylic acids is 2. The van der Waals surface area contributed by atoms with Gasteiger partial charge in [-0.2, -0.15) is 0 Å². The molecule has 0 unspecified atom stereocenters. The predicted octanol–water partition coefficient (Wildman–Crippen LogP) is 6.74. The monoisotopic (exact) mass is 512 g/mol. The number of esters is 1. The second kappa shape index (κ2) is 11.4.